The predicted molar refractivity (Wildman–Crippen MR) is 187 cm³/mol. The molecule has 0 radical (unpaired) electrons. The van der Waals surface area contributed by atoms with Gasteiger partial charge in [0, 0.05) is 33.7 Å². The van der Waals surface area contributed by atoms with Crippen molar-refractivity contribution in [3.63, 3.8) is 0 Å². The molecule has 0 amide bonds. The first kappa shape index (κ1) is 32.0. The minimum absolute atomic E-state index is 0.175. The molecule has 1 aromatic rings. The van der Waals surface area contributed by atoms with E-state index in [2.05, 4.69) is 92.4 Å². The van der Waals surface area contributed by atoms with Crippen molar-refractivity contribution < 1.29 is 28.8 Å². The SMILES string of the molecule is CC(C)=CC1OC2C(OC3CC[C@@]4(C)C(O)(CCC5Cc6c([nH]c7c6=CC6CC8C(=CC(C)(C)OC8(C)C)C6C=7)[C@@]54C)C34OC24)C(C)(C)O1. The van der Waals surface area contributed by atoms with Crippen molar-refractivity contribution in [1.29, 1.82) is 0 Å². The van der Waals surface area contributed by atoms with Crippen molar-refractivity contribution >= 4 is 12.2 Å². The van der Waals surface area contributed by atoms with Gasteiger partial charge in [0.2, 0.25) is 0 Å². The molecule has 9 aliphatic rings. The molecule has 6 fully saturated rings. The molecule has 3 saturated heterocycles. The van der Waals surface area contributed by atoms with E-state index < -0.39 is 28.5 Å². The van der Waals surface area contributed by atoms with Gasteiger partial charge >= 0.3 is 0 Å². The van der Waals surface area contributed by atoms with Gasteiger partial charge in [-0.05, 0) is 123 Å². The molecule has 0 aromatic carbocycles. The highest BCUT2D eigenvalue weighted by molar-refractivity contribution is 5.56. The summed E-state index contributed by atoms with van der Waals surface area (Å²) < 4.78 is 33.5. The smallest absolute Gasteiger partial charge is 0.178 e. The van der Waals surface area contributed by atoms with E-state index >= 15 is 0 Å². The zero-order valence-electron chi connectivity index (χ0n) is 31.2. The highest BCUT2D eigenvalue weighted by Gasteiger charge is 2.87. The number of aromatic amines is 1. The Bertz CT molecular complexity index is 1850. The lowest BCUT2D eigenvalue weighted by atomic mass is 9.40. The summed E-state index contributed by atoms with van der Waals surface area (Å²) >= 11 is 0. The van der Waals surface area contributed by atoms with Gasteiger partial charge in [-0.15, -0.1) is 0 Å². The normalized spacial score (nSPS) is 51.3. The molecular weight excluding hydrogens is 614 g/mol. The number of aliphatic hydroxyl groups is 1. The highest BCUT2D eigenvalue weighted by Crippen LogP contribution is 2.75. The van der Waals surface area contributed by atoms with E-state index in [0.717, 1.165) is 44.1 Å². The van der Waals surface area contributed by atoms with Crippen LogP contribution in [0.15, 0.2) is 23.3 Å². The fraction of sp³-hybridized carbons (Fsp3) is 0.762. The van der Waals surface area contributed by atoms with Crippen LogP contribution < -0.4 is 10.6 Å². The molecule has 2 N–H and O–H groups in total. The van der Waals surface area contributed by atoms with Gasteiger partial charge in [-0.2, -0.15) is 0 Å². The van der Waals surface area contributed by atoms with Crippen LogP contribution in [0, 0.1) is 29.1 Å². The second kappa shape index (κ2) is 9.24. The van der Waals surface area contributed by atoms with Crippen molar-refractivity contribution in [2.45, 2.75) is 172 Å². The summed E-state index contributed by atoms with van der Waals surface area (Å²) in [5, 5.41) is 16.1. The lowest BCUT2D eigenvalue weighted by Crippen LogP contribution is -2.77. The van der Waals surface area contributed by atoms with Crippen molar-refractivity contribution in [1.82, 2.24) is 4.98 Å². The zero-order valence-corrected chi connectivity index (χ0v) is 31.2. The van der Waals surface area contributed by atoms with E-state index in [-0.39, 0.29) is 41.0 Å². The van der Waals surface area contributed by atoms with E-state index in [1.807, 2.05) is 6.08 Å². The standard InChI is InChI=1S/C42H57NO6/c1-21(2)15-31-46-32-34(38(7,8)47-31)45-30-12-13-39(9)40(10)23(11-14-41(39,44)42(30)35(32)48-42)18-26-25-16-22-17-28-27(20-36(3,4)49-37(28,5)6)24(22)19-29(25)43-33(26)40/h15-16,19-20,22-24,28,30-32,34-35,43-44H,11-14,17-18H2,1-10H3/t22?,23?,24?,28?,30?,31?,32?,34?,35?,39-,40-,41?,42?/m1/s1. The number of nitrogens with one attached hydrogen (secondary N) is 1. The topological polar surface area (TPSA) is 85.5 Å². The number of hydrogen-bond acceptors (Lipinski definition) is 6. The summed E-state index contributed by atoms with van der Waals surface area (Å²) in [6, 6.07) is 0. The maximum atomic E-state index is 13.4. The number of epoxide rings is 1. The van der Waals surface area contributed by atoms with Crippen LogP contribution in [0.25, 0.3) is 12.2 Å². The first-order valence-electron chi connectivity index (χ1n) is 19.3. The second-order valence-corrected chi connectivity index (χ2v) is 19.8. The molecule has 5 aliphatic carbocycles. The van der Waals surface area contributed by atoms with E-state index in [9.17, 15) is 5.11 Å². The monoisotopic (exact) mass is 671 g/mol. The second-order valence-electron chi connectivity index (χ2n) is 19.8. The van der Waals surface area contributed by atoms with Crippen molar-refractivity contribution in [3.8, 4) is 0 Å². The minimum atomic E-state index is -1.05. The molecule has 11 unspecified atom stereocenters. The Balaban J connectivity index is 1.04. The molecule has 7 heteroatoms. The predicted octanol–water partition coefficient (Wildman–Crippen LogP) is 5.50. The van der Waals surface area contributed by atoms with Crippen molar-refractivity contribution in [2.75, 3.05) is 0 Å². The average Bonchev–Trinajstić information content (AvgIpc) is 3.40. The summed E-state index contributed by atoms with van der Waals surface area (Å²) in [6.07, 6.45) is 13.9. The molecule has 13 atom stereocenters. The summed E-state index contributed by atoms with van der Waals surface area (Å²) in [6.45, 7) is 22.2. The average molecular weight is 672 g/mol. The minimum Gasteiger partial charge on any atom is -0.386 e. The molecule has 7 nitrogen and oxygen atoms in total. The number of H-pyrrole nitrogens is 1. The Morgan fingerprint density at radius 3 is 2.45 bits per heavy atom. The number of allylic oxidation sites excluding steroid dienone is 1. The quantitative estimate of drug-likeness (QED) is 0.303. The number of fused-ring (bicyclic) bond motifs is 12. The van der Waals surface area contributed by atoms with Gasteiger partial charge in [0.05, 0.1) is 22.9 Å². The molecule has 3 saturated carbocycles. The molecule has 5 heterocycles. The molecular formula is C42H57NO6. The van der Waals surface area contributed by atoms with E-state index in [4.69, 9.17) is 23.7 Å². The number of aromatic nitrogens is 1. The summed E-state index contributed by atoms with van der Waals surface area (Å²) in [7, 11) is 0. The Morgan fingerprint density at radius 2 is 1.69 bits per heavy atom. The van der Waals surface area contributed by atoms with Crippen LogP contribution in [0.3, 0.4) is 0 Å². The number of rotatable bonds is 1. The lowest BCUT2D eigenvalue weighted by Gasteiger charge is -2.66. The molecule has 1 spiro atoms. The fourth-order valence-electron chi connectivity index (χ4n) is 13.5. The van der Waals surface area contributed by atoms with Crippen molar-refractivity contribution in [3.05, 3.63) is 45.1 Å². The molecule has 4 aliphatic heterocycles. The van der Waals surface area contributed by atoms with E-state index in [1.165, 1.54) is 21.8 Å². The van der Waals surface area contributed by atoms with Gasteiger partial charge in [0.1, 0.15) is 23.9 Å². The maximum absolute atomic E-state index is 13.4. The third-order valence-corrected chi connectivity index (χ3v) is 15.7. The lowest BCUT2D eigenvalue weighted by molar-refractivity contribution is -0.343. The van der Waals surface area contributed by atoms with Gasteiger partial charge in [0.15, 0.2) is 11.9 Å². The molecule has 49 heavy (non-hydrogen) atoms. The van der Waals surface area contributed by atoms with Gasteiger partial charge in [-0.1, -0.05) is 43.2 Å². The summed E-state index contributed by atoms with van der Waals surface area (Å²) in [5.41, 5.74) is 2.15. The first-order chi connectivity index (χ1) is 22.9. The van der Waals surface area contributed by atoms with Gasteiger partial charge in [-0.25, -0.2) is 0 Å². The van der Waals surface area contributed by atoms with Crippen LogP contribution in [-0.2, 0) is 35.5 Å². The fourth-order valence-corrected chi connectivity index (χ4v) is 13.5. The first-order valence-corrected chi connectivity index (χ1v) is 19.3. The van der Waals surface area contributed by atoms with E-state index in [0.29, 0.717) is 23.7 Å². The summed E-state index contributed by atoms with van der Waals surface area (Å²) in [5.74, 6) is 1.81. The Kier molecular flexibility index (Phi) is 6.03. The third-order valence-electron chi connectivity index (χ3n) is 15.7. The molecule has 10 rings (SSSR count). The Hall–Kier alpha value is -1.74. The molecule has 1 aromatic heterocycles. The van der Waals surface area contributed by atoms with Crippen LogP contribution in [-0.4, -0.2) is 68.8 Å². The van der Waals surface area contributed by atoms with Gasteiger partial charge in [0.25, 0.3) is 0 Å². The van der Waals surface area contributed by atoms with Crippen molar-refractivity contribution in [2.24, 2.45) is 29.1 Å². The Labute approximate surface area is 291 Å². The van der Waals surface area contributed by atoms with Gasteiger partial charge < -0.3 is 33.8 Å². The zero-order chi connectivity index (χ0) is 34.5. The van der Waals surface area contributed by atoms with E-state index in [1.54, 1.807) is 5.57 Å². The maximum Gasteiger partial charge on any atom is 0.178 e. The number of ether oxygens (including phenoxy) is 5. The number of hydrogen-bond donors (Lipinski definition) is 2. The molecule has 0 bridgehead atoms. The van der Waals surface area contributed by atoms with Crippen LogP contribution in [0.5, 0.6) is 0 Å². The molecule has 266 valence electrons. The third kappa shape index (κ3) is 3.71. The van der Waals surface area contributed by atoms with Crippen LogP contribution in [0.1, 0.15) is 113 Å². The van der Waals surface area contributed by atoms with Crippen LogP contribution >= 0.6 is 0 Å². The highest BCUT2D eigenvalue weighted by atomic mass is 16.8. The van der Waals surface area contributed by atoms with Crippen LogP contribution in [0.2, 0.25) is 0 Å². The summed E-state index contributed by atoms with van der Waals surface area (Å²) in [4.78, 5) is 4.08. The largest absolute Gasteiger partial charge is 0.386 e. The Morgan fingerprint density at radius 1 is 0.918 bits per heavy atom. The van der Waals surface area contributed by atoms with Gasteiger partial charge in [-0.3, -0.25) is 0 Å². The van der Waals surface area contributed by atoms with Crippen LogP contribution in [0.4, 0.5) is 0 Å².